The Morgan fingerprint density at radius 1 is 1.07 bits per heavy atom. The van der Waals surface area contributed by atoms with Crippen LogP contribution in [-0.4, -0.2) is 83.1 Å². The number of pyridine rings is 1. The first kappa shape index (κ1) is 26.9. The third kappa shape index (κ3) is 5.53. The molecular formula is C28H31N5O8. The molecular weight excluding hydrogens is 534 g/mol. The SMILES string of the molecule is COc1ncc(N2CCc3ncnc(O[C@H]4CCN(C(=O)C5CCOC6(C5)OC(=O)C=CC(=O)O6)C4)c3C2)cc1C. The van der Waals surface area contributed by atoms with Gasteiger partial charge in [0, 0.05) is 43.6 Å². The van der Waals surface area contributed by atoms with Gasteiger partial charge < -0.3 is 33.5 Å². The van der Waals surface area contributed by atoms with E-state index in [1.165, 1.54) is 6.33 Å². The Labute approximate surface area is 236 Å². The van der Waals surface area contributed by atoms with Crippen molar-refractivity contribution in [2.75, 3.05) is 38.3 Å². The largest absolute Gasteiger partial charge is 0.481 e. The van der Waals surface area contributed by atoms with Crippen molar-refractivity contribution in [2.24, 2.45) is 5.92 Å². The van der Waals surface area contributed by atoms with Gasteiger partial charge in [-0.15, -0.1) is 0 Å². The first-order valence-corrected chi connectivity index (χ1v) is 13.6. The molecule has 13 nitrogen and oxygen atoms in total. The number of nitrogens with zero attached hydrogens (tertiary/aromatic N) is 5. The van der Waals surface area contributed by atoms with Gasteiger partial charge >= 0.3 is 17.9 Å². The van der Waals surface area contributed by atoms with E-state index in [0.717, 1.165) is 47.6 Å². The first-order chi connectivity index (χ1) is 19.8. The quantitative estimate of drug-likeness (QED) is 0.485. The van der Waals surface area contributed by atoms with Crippen molar-refractivity contribution in [3.63, 3.8) is 0 Å². The molecule has 1 amide bonds. The Morgan fingerprint density at radius 2 is 1.88 bits per heavy atom. The van der Waals surface area contributed by atoms with Crippen LogP contribution in [0.2, 0.25) is 0 Å². The molecule has 2 atom stereocenters. The summed E-state index contributed by atoms with van der Waals surface area (Å²) < 4.78 is 27.7. The van der Waals surface area contributed by atoms with Crippen LogP contribution in [0.25, 0.3) is 0 Å². The molecule has 2 saturated heterocycles. The second-order valence-corrected chi connectivity index (χ2v) is 10.5. The van der Waals surface area contributed by atoms with Gasteiger partial charge in [0.2, 0.25) is 17.7 Å². The van der Waals surface area contributed by atoms with Crippen molar-refractivity contribution in [1.29, 1.82) is 0 Å². The minimum atomic E-state index is -1.89. The van der Waals surface area contributed by atoms with Gasteiger partial charge in [0.05, 0.1) is 62.3 Å². The number of ether oxygens (including phenoxy) is 5. The summed E-state index contributed by atoms with van der Waals surface area (Å²) in [5.74, 6) is -2.96. The van der Waals surface area contributed by atoms with Crippen LogP contribution in [-0.2, 0) is 41.6 Å². The van der Waals surface area contributed by atoms with E-state index in [2.05, 4.69) is 25.9 Å². The molecule has 4 aliphatic heterocycles. The predicted octanol–water partition coefficient (Wildman–Crippen LogP) is 1.47. The second kappa shape index (κ2) is 11.0. The molecule has 41 heavy (non-hydrogen) atoms. The summed E-state index contributed by atoms with van der Waals surface area (Å²) in [6.45, 7) is 4.32. The highest BCUT2D eigenvalue weighted by Gasteiger charge is 2.49. The average Bonchev–Trinajstić information content (AvgIpc) is 3.38. The van der Waals surface area contributed by atoms with Crippen LogP contribution in [0.5, 0.6) is 11.8 Å². The van der Waals surface area contributed by atoms with Crippen molar-refractivity contribution in [3.8, 4) is 11.8 Å². The Kier molecular flexibility index (Phi) is 7.20. The van der Waals surface area contributed by atoms with Crippen LogP contribution in [0.15, 0.2) is 30.7 Å². The Hall–Kier alpha value is -4.26. The Balaban J connectivity index is 1.11. The highest BCUT2D eigenvalue weighted by Crippen LogP contribution is 2.36. The van der Waals surface area contributed by atoms with E-state index >= 15 is 0 Å². The third-order valence-corrected chi connectivity index (χ3v) is 7.77. The topological polar surface area (TPSA) is 143 Å². The molecule has 1 spiro atoms. The summed E-state index contributed by atoms with van der Waals surface area (Å²) in [6, 6.07) is 2.05. The highest BCUT2D eigenvalue weighted by atomic mass is 16.9. The zero-order valence-electron chi connectivity index (χ0n) is 22.9. The molecule has 2 fully saturated rings. The van der Waals surface area contributed by atoms with E-state index in [1.807, 2.05) is 6.92 Å². The van der Waals surface area contributed by atoms with Crippen molar-refractivity contribution in [2.45, 2.75) is 51.2 Å². The van der Waals surface area contributed by atoms with E-state index < -0.39 is 23.8 Å². The van der Waals surface area contributed by atoms with E-state index in [0.29, 0.717) is 44.2 Å². The van der Waals surface area contributed by atoms with Gasteiger partial charge in [0.25, 0.3) is 0 Å². The first-order valence-electron chi connectivity index (χ1n) is 13.6. The number of aromatic nitrogens is 3. The molecule has 2 aromatic rings. The molecule has 0 aliphatic carbocycles. The van der Waals surface area contributed by atoms with E-state index in [4.69, 9.17) is 23.7 Å². The van der Waals surface area contributed by atoms with Gasteiger partial charge in [-0.1, -0.05) is 0 Å². The summed E-state index contributed by atoms with van der Waals surface area (Å²) in [5, 5.41) is 0. The van der Waals surface area contributed by atoms with Gasteiger partial charge in [0.1, 0.15) is 12.4 Å². The fourth-order valence-electron chi connectivity index (χ4n) is 5.72. The number of amides is 1. The molecule has 1 unspecified atom stereocenters. The zero-order valence-corrected chi connectivity index (χ0v) is 22.9. The minimum absolute atomic E-state index is 0.0675. The maximum Gasteiger partial charge on any atom is 0.377 e. The van der Waals surface area contributed by atoms with Crippen LogP contribution >= 0.6 is 0 Å². The van der Waals surface area contributed by atoms with Gasteiger partial charge in [-0.05, 0) is 19.4 Å². The molecule has 6 heterocycles. The summed E-state index contributed by atoms with van der Waals surface area (Å²) in [4.78, 5) is 54.6. The Morgan fingerprint density at radius 3 is 2.63 bits per heavy atom. The van der Waals surface area contributed by atoms with Crippen LogP contribution in [0.4, 0.5) is 5.69 Å². The van der Waals surface area contributed by atoms with E-state index in [-0.39, 0.29) is 25.0 Å². The Bertz CT molecular complexity index is 1380. The molecule has 0 bridgehead atoms. The zero-order chi connectivity index (χ0) is 28.6. The normalized spacial score (nSPS) is 23.5. The minimum Gasteiger partial charge on any atom is -0.481 e. The second-order valence-electron chi connectivity index (χ2n) is 10.5. The van der Waals surface area contributed by atoms with Gasteiger partial charge in [-0.25, -0.2) is 24.5 Å². The molecule has 13 heteroatoms. The molecule has 4 aliphatic rings. The summed E-state index contributed by atoms with van der Waals surface area (Å²) in [5.41, 5.74) is 3.81. The number of methoxy groups -OCH3 is 1. The molecule has 0 N–H and O–H groups in total. The predicted molar refractivity (Wildman–Crippen MR) is 141 cm³/mol. The monoisotopic (exact) mass is 565 g/mol. The number of carbonyl (C=O) groups is 3. The number of fused-ring (bicyclic) bond motifs is 1. The maximum atomic E-state index is 13.5. The van der Waals surface area contributed by atoms with Crippen LogP contribution < -0.4 is 14.4 Å². The maximum absolute atomic E-state index is 13.5. The summed E-state index contributed by atoms with van der Waals surface area (Å²) >= 11 is 0. The van der Waals surface area contributed by atoms with Crippen molar-refractivity contribution >= 4 is 23.5 Å². The van der Waals surface area contributed by atoms with Crippen molar-refractivity contribution in [3.05, 3.63) is 47.6 Å². The highest BCUT2D eigenvalue weighted by molar-refractivity contribution is 5.93. The average molecular weight is 566 g/mol. The third-order valence-electron chi connectivity index (χ3n) is 7.77. The van der Waals surface area contributed by atoms with E-state index in [9.17, 15) is 14.4 Å². The standard InChI is InChI=1S/C28H31N5O8/c1-17-11-19(13-29-25(17)37-2)32-9-6-22-21(15-32)26(31-16-30-22)39-20-5-8-33(14-20)27(36)18-7-10-38-28(12-18)40-23(34)3-4-24(35)41-28/h3-4,11,13,16,18,20H,5-10,12,14-15H2,1-2H3/t18?,20-/m0/s1. The van der Waals surface area contributed by atoms with E-state index in [1.54, 1.807) is 18.2 Å². The lowest BCUT2D eigenvalue weighted by Gasteiger charge is -2.37. The number of likely N-dealkylation sites (tertiary alicyclic amines) is 1. The van der Waals surface area contributed by atoms with Gasteiger partial charge in [0.15, 0.2) is 0 Å². The van der Waals surface area contributed by atoms with Crippen molar-refractivity contribution < 1.29 is 38.1 Å². The van der Waals surface area contributed by atoms with Gasteiger partial charge in [-0.3, -0.25) is 4.79 Å². The lowest BCUT2D eigenvalue weighted by Crippen LogP contribution is -2.50. The number of hydrogen-bond acceptors (Lipinski definition) is 12. The fraction of sp³-hybridized carbons (Fsp3) is 0.500. The number of aryl methyl sites for hydroxylation is 1. The summed E-state index contributed by atoms with van der Waals surface area (Å²) in [7, 11) is 1.60. The number of anilines is 1. The molecule has 0 aromatic carbocycles. The lowest BCUT2D eigenvalue weighted by atomic mass is 9.96. The van der Waals surface area contributed by atoms with Crippen LogP contribution in [0.1, 0.15) is 36.1 Å². The van der Waals surface area contributed by atoms with Crippen LogP contribution in [0.3, 0.4) is 0 Å². The molecule has 0 saturated carbocycles. The smallest absolute Gasteiger partial charge is 0.377 e. The number of hydrogen-bond donors (Lipinski definition) is 0. The molecule has 2 aromatic heterocycles. The number of carbonyl (C=O) groups excluding carboxylic acids is 3. The van der Waals surface area contributed by atoms with Gasteiger partial charge in [-0.2, -0.15) is 0 Å². The molecule has 216 valence electrons. The molecule has 6 rings (SSSR count). The lowest BCUT2D eigenvalue weighted by molar-refractivity contribution is -0.359. The van der Waals surface area contributed by atoms with Crippen molar-refractivity contribution in [1.82, 2.24) is 19.9 Å². The fourth-order valence-corrected chi connectivity index (χ4v) is 5.72. The number of rotatable bonds is 5. The number of esters is 2. The molecule has 0 radical (unpaired) electrons. The van der Waals surface area contributed by atoms with Crippen LogP contribution in [0, 0.1) is 12.8 Å². The summed E-state index contributed by atoms with van der Waals surface area (Å²) in [6.07, 6.45) is 6.76.